The van der Waals surface area contributed by atoms with Crippen LogP contribution in [0, 0.1) is 0 Å². The number of amides is 1. The lowest BCUT2D eigenvalue weighted by atomic mass is 10.1. The van der Waals surface area contributed by atoms with Gasteiger partial charge in [0.25, 0.3) is 0 Å². The molecule has 0 atom stereocenters. The van der Waals surface area contributed by atoms with Gasteiger partial charge in [-0.2, -0.15) is 0 Å². The van der Waals surface area contributed by atoms with Gasteiger partial charge in [0.2, 0.25) is 5.91 Å². The van der Waals surface area contributed by atoms with Gasteiger partial charge in [-0.05, 0) is 19.3 Å². The molecule has 0 fully saturated rings. The van der Waals surface area contributed by atoms with Crippen molar-refractivity contribution in [2.75, 3.05) is 13.1 Å². The summed E-state index contributed by atoms with van der Waals surface area (Å²) in [6, 6.07) is 0. The molecule has 2 heteroatoms. The first-order valence-corrected chi connectivity index (χ1v) is 12.0. The SMILES string of the molecule is CCCCCCCCCCCC(=O)N(CCCCCC)CCCCCC. The van der Waals surface area contributed by atoms with Crippen LogP contribution >= 0.6 is 0 Å². The lowest BCUT2D eigenvalue weighted by Gasteiger charge is -2.23. The molecule has 0 N–H and O–H groups in total. The predicted octanol–water partition coefficient (Wildman–Crippen LogP) is 7.90. The van der Waals surface area contributed by atoms with Crippen LogP contribution in [0.5, 0.6) is 0 Å². The molecule has 0 rings (SSSR count). The van der Waals surface area contributed by atoms with E-state index in [-0.39, 0.29) is 0 Å². The molecule has 0 aromatic heterocycles. The second-order valence-electron chi connectivity index (χ2n) is 8.08. The first-order chi connectivity index (χ1) is 12.8. The molecule has 1 amide bonds. The molecule has 0 aromatic carbocycles. The fraction of sp³-hybridized carbons (Fsp3) is 0.958. The van der Waals surface area contributed by atoms with Crippen LogP contribution in [0.15, 0.2) is 0 Å². The quantitative estimate of drug-likeness (QED) is 0.200. The summed E-state index contributed by atoms with van der Waals surface area (Å²) in [5.74, 6) is 0.418. The molecular weight excluding hydrogens is 318 g/mol. The Morgan fingerprint density at radius 1 is 0.500 bits per heavy atom. The molecule has 0 spiro atoms. The zero-order valence-electron chi connectivity index (χ0n) is 18.5. The van der Waals surface area contributed by atoms with E-state index >= 15 is 0 Å². The van der Waals surface area contributed by atoms with Crippen LogP contribution in [-0.2, 0) is 4.79 Å². The predicted molar refractivity (Wildman–Crippen MR) is 117 cm³/mol. The molecule has 0 aliphatic heterocycles. The van der Waals surface area contributed by atoms with E-state index in [0.717, 1.165) is 25.9 Å². The maximum absolute atomic E-state index is 12.6. The summed E-state index contributed by atoms with van der Waals surface area (Å²) < 4.78 is 0. The van der Waals surface area contributed by atoms with Gasteiger partial charge in [-0.1, -0.05) is 111 Å². The van der Waals surface area contributed by atoms with E-state index in [1.165, 1.54) is 103 Å². The van der Waals surface area contributed by atoms with Crippen molar-refractivity contribution in [1.82, 2.24) is 4.90 Å². The van der Waals surface area contributed by atoms with Crippen LogP contribution in [-0.4, -0.2) is 23.9 Å². The van der Waals surface area contributed by atoms with Crippen molar-refractivity contribution < 1.29 is 4.79 Å². The van der Waals surface area contributed by atoms with Crippen LogP contribution in [0.3, 0.4) is 0 Å². The summed E-state index contributed by atoms with van der Waals surface area (Å²) in [7, 11) is 0. The number of hydrogen-bond acceptors (Lipinski definition) is 1. The minimum atomic E-state index is 0.418. The Bertz CT molecular complexity index is 278. The van der Waals surface area contributed by atoms with Crippen molar-refractivity contribution in [1.29, 1.82) is 0 Å². The maximum atomic E-state index is 12.6. The van der Waals surface area contributed by atoms with Crippen LogP contribution in [0.1, 0.15) is 136 Å². The average molecular weight is 368 g/mol. The molecule has 0 heterocycles. The number of unbranched alkanes of at least 4 members (excludes halogenated alkanes) is 14. The highest BCUT2D eigenvalue weighted by molar-refractivity contribution is 5.76. The first kappa shape index (κ1) is 25.5. The zero-order chi connectivity index (χ0) is 19.3. The monoisotopic (exact) mass is 367 g/mol. The van der Waals surface area contributed by atoms with Gasteiger partial charge >= 0.3 is 0 Å². The Balaban J connectivity index is 3.84. The summed E-state index contributed by atoms with van der Waals surface area (Å²) in [5, 5.41) is 0. The Labute approximate surface area is 165 Å². The number of carbonyl (C=O) groups excluding carboxylic acids is 1. The Kier molecular flexibility index (Phi) is 20.4. The van der Waals surface area contributed by atoms with Crippen LogP contribution < -0.4 is 0 Å². The third-order valence-corrected chi connectivity index (χ3v) is 5.41. The van der Waals surface area contributed by atoms with E-state index in [0.29, 0.717) is 5.91 Å². The van der Waals surface area contributed by atoms with Gasteiger partial charge in [0.1, 0.15) is 0 Å². The van der Waals surface area contributed by atoms with Gasteiger partial charge in [-0.15, -0.1) is 0 Å². The van der Waals surface area contributed by atoms with Gasteiger partial charge in [-0.25, -0.2) is 0 Å². The molecule has 0 aliphatic rings. The highest BCUT2D eigenvalue weighted by atomic mass is 16.2. The van der Waals surface area contributed by atoms with Crippen molar-refractivity contribution in [2.45, 2.75) is 136 Å². The van der Waals surface area contributed by atoms with Crippen molar-refractivity contribution >= 4 is 5.91 Å². The summed E-state index contributed by atoms with van der Waals surface area (Å²) in [4.78, 5) is 14.8. The zero-order valence-corrected chi connectivity index (χ0v) is 18.5. The largest absolute Gasteiger partial charge is 0.343 e. The second-order valence-corrected chi connectivity index (χ2v) is 8.08. The van der Waals surface area contributed by atoms with Gasteiger partial charge in [-0.3, -0.25) is 4.79 Å². The minimum absolute atomic E-state index is 0.418. The summed E-state index contributed by atoms with van der Waals surface area (Å²) in [6.45, 7) is 8.74. The molecule has 26 heavy (non-hydrogen) atoms. The maximum Gasteiger partial charge on any atom is 0.222 e. The molecule has 0 aromatic rings. The molecule has 0 bridgehead atoms. The van der Waals surface area contributed by atoms with Crippen molar-refractivity contribution in [2.24, 2.45) is 0 Å². The molecule has 156 valence electrons. The highest BCUT2D eigenvalue weighted by Gasteiger charge is 2.12. The average Bonchev–Trinajstić information content (AvgIpc) is 2.65. The summed E-state index contributed by atoms with van der Waals surface area (Å²) in [5.41, 5.74) is 0. The van der Waals surface area contributed by atoms with Crippen molar-refractivity contribution in [3.8, 4) is 0 Å². The van der Waals surface area contributed by atoms with Crippen LogP contribution in [0.4, 0.5) is 0 Å². The van der Waals surface area contributed by atoms with Crippen LogP contribution in [0.25, 0.3) is 0 Å². The Morgan fingerprint density at radius 3 is 1.27 bits per heavy atom. The number of nitrogens with zero attached hydrogens (tertiary/aromatic N) is 1. The van der Waals surface area contributed by atoms with Gasteiger partial charge in [0.15, 0.2) is 0 Å². The molecule has 0 aliphatic carbocycles. The van der Waals surface area contributed by atoms with E-state index in [1.54, 1.807) is 0 Å². The lowest BCUT2D eigenvalue weighted by Crippen LogP contribution is -2.32. The Morgan fingerprint density at radius 2 is 0.846 bits per heavy atom. The molecule has 0 saturated heterocycles. The Hall–Kier alpha value is -0.530. The molecule has 2 nitrogen and oxygen atoms in total. The molecular formula is C24H49NO. The second kappa shape index (κ2) is 20.8. The van der Waals surface area contributed by atoms with Gasteiger partial charge in [0, 0.05) is 19.5 Å². The van der Waals surface area contributed by atoms with Crippen molar-refractivity contribution in [3.05, 3.63) is 0 Å². The third kappa shape index (κ3) is 16.9. The molecule has 0 radical (unpaired) electrons. The minimum Gasteiger partial charge on any atom is -0.343 e. The standard InChI is InChI=1S/C24H49NO/c1-4-7-10-13-14-15-16-17-18-21-24(26)25(22-19-11-8-5-2)23-20-12-9-6-3/h4-23H2,1-3H3. The first-order valence-electron chi connectivity index (χ1n) is 12.0. The van der Waals surface area contributed by atoms with E-state index in [4.69, 9.17) is 0 Å². The van der Waals surface area contributed by atoms with Gasteiger partial charge in [0.05, 0.1) is 0 Å². The van der Waals surface area contributed by atoms with E-state index in [2.05, 4.69) is 25.7 Å². The van der Waals surface area contributed by atoms with Crippen molar-refractivity contribution in [3.63, 3.8) is 0 Å². The van der Waals surface area contributed by atoms with E-state index < -0.39 is 0 Å². The highest BCUT2D eigenvalue weighted by Crippen LogP contribution is 2.12. The fourth-order valence-electron chi connectivity index (χ4n) is 3.57. The topological polar surface area (TPSA) is 20.3 Å². The third-order valence-electron chi connectivity index (χ3n) is 5.41. The lowest BCUT2D eigenvalue weighted by molar-refractivity contribution is -0.131. The number of rotatable bonds is 20. The van der Waals surface area contributed by atoms with E-state index in [9.17, 15) is 4.79 Å². The van der Waals surface area contributed by atoms with E-state index in [1.807, 2.05) is 0 Å². The number of hydrogen-bond donors (Lipinski definition) is 0. The molecule has 0 saturated carbocycles. The fourth-order valence-corrected chi connectivity index (χ4v) is 3.57. The summed E-state index contributed by atoms with van der Waals surface area (Å²) >= 11 is 0. The number of carbonyl (C=O) groups is 1. The summed E-state index contributed by atoms with van der Waals surface area (Å²) in [6.07, 6.45) is 22.7. The van der Waals surface area contributed by atoms with Crippen LogP contribution in [0.2, 0.25) is 0 Å². The molecule has 0 unspecified atom stereocenters. The van der Waals surface area contributed by atoms with Gasteiger partial charge < -0.3 is 4.90 Å². The smallest absolute Gasteiger partial charge is 0.222 e. The normalized spacial score (nSPS) is 11.0.